The Morgan fingerprint density at radius 3 is 2.49 bits per heavy atom. The lowest BCUT2D eigenvalue weighted by Gasteiger charge is -2.32. The normalized spacial score (nSPS) is 17.1. The quantitative estimate of drug-likeness (QED) is 0.394. The summed E-state index contributed by atoms with van der Waals surface area (Å²) >= 11 is 1.05. The molecule has 2 amide bonds. The summed E-state index contributed by atoms with van der Waals surface area (Å²) in [6.45, 7) is 2.56. The maximum absolute atomic E-state index is 13.2. The highest BCUT2D eigenvalue weighted by atomic mass is 32.2. The molecule has 4 rings (SSSR count). The van der Waals surface area contributed by atoms with Crippen LogP contribution in [0.15, 0.2) is 83.9 Å². The van der Waals surface area contributed by atoms with Crippen molar-refractivity contribution in [2.45, 2.75) is 31.3 Å². The van der Waals surface area contributed by atoms with Gasteiger partial charge in [-0.1, -0.05) is 48.2 Å². The maximum Gasteiger partial charge on any atom is 0.416 e. The zero-order chi connectivity index (χ0) is 26.4. The lowest BCUT2D eigenvalue weighted by atomic mass is 10.2. The average Bonchev–Trinajstić information content (AvgIpc) is 2.87. The standard InChI is InChI=1S/C27H24F3N3O3S/c1-2-36-22-13-11-20(12-14-22)31-25(35)23-16-24(34)33(17-18-7-4-3-5-8-18)26(37-23)32-21-10-6-9-19(15-21)27(28,29)30/h3-15,23H,2,16-17H2,1H3,(H,31,35). The van der Waals surface area contributed by atoms with Crippen LogP contribution in [0, 0.1) is 0 Å². The molecule has 10 heteroatoms. The minimum Gasteiger partial charge on any atom is -0.494 e. The lowest BCUT2D eigenvalue weighted by Crippen LogP contribution is -2.44. The fourth-order valence-electron chi connectivity index (χ4n) is 3.65. The molecule has 1 aliphatic rings. The van der Waals surface area contributed by atoms with Gasteiger partial charge in [-0.3, -0.25) is 14.5 Å². The summed E-state index contributed by atoms with van der Waals surface area (Å²) in [5, 5.41) is 2.14. The van der Waals surface area contributed by atoms with Crippen molar-refractivity contribution in [3.63, 3.8) is 0 Å². The summed E-state index contributed by atoms with van der Waals surface area (Å²) in [5.74, 6) is -0.0893. The van der Waals surface area contributed by atoms with E-state index in [9.17, 15) is 22.8 Å². The van der Waals surface area contributed by atoms with Crippen molar-refractivity contribution < 1.29 is 27.5 Å². The second-order valence-electron chi connectivity index (χ2n) is 8.17. The largest absolute Gasteiger partial charge is 0.494 e. The van der Waals surface area contributed by atoms with Crippen molar-refractivity contribution >= 4 is 40.1 Å². The molecule has 0 aromatic heterocycles. The Labute approximate surface area is 216 Å². The van der Waals surface area contributed by atoms with Crippen LogP contribution < -0.4 is 10.1 Å². The van der Waals surface area contributed by atoms with Crippen LogP contribution in [0.2, 0.25) is 0 Å². The zero-order valence-corrected chi connectivity index (χ0v) is 20.7. The number of halogens is 3. The Morgan fingerprint density at radius 2 is 1.81 bits per heavy atom. The highest BCUT2D eigenvalue weighted by molar-refractivity contribution is 8.15. The van der Waals surface area contributed by atoms with E-state index in [1.165, 1.54) is 17.0 Å². The third kappa shape index (κ3) is 6.91. The number of anilines is 1. The SMILES string of the molecule is CCOc1ccc(NC(=O)C2CC(=O)N(Cc3ccccc3)C(=Nc3cccc(C(F)(F)F)c3)S2)cc1. The maximum atomic E-state index is 13.2. The Bertz CT molecular complexity index is 1280. The third-order valence-corrected chi connectivity index (χ3v) is 6.63. The van der Waals surface area contributed by atoms with Gasteiger partial charge in [-0.2, -0.15) is 13.2 Å². The highest BCUT2D eigenvalue weighted by Gasteiger charge is 2.36. The lowest BCUT2D eigenvalue weighted by molar-refractivity contribution is -0.137. The molecule has 1 unspecified atom stereocenters. The van der Waals surface area contributed by atoms with Crippen molar-refractivity contribution in [3.05, 3.63) is 90.0 Å². The van der Waals surface area contributed by atoms with E-state index in [2.05, 4.69) is 10.3 Å². The highest BCUT2D eigenvalue weighted by Crippen LogP contribution is 2.34. The summed E-state index contributed by atoms with van der Waals surface area (Å²) < 4.78 is 45.1. The molecule has 1 heterocycles. The van der Waals surface area contributed by atoms with Gasteiger partial charge < -0.3 is 10.1 Å². The molecule has 1 saturated heterocycles. The molecule has 1 N–H and O–H groups in total. The fourth-order valence-corrected chi connectivity index (χ4v) is 4.75. The first-order chi connectivity index (χ1) is 17.7. The first kappa shape index (κ1) is 26.3. The minimum atomic E-state index is -4.53. The van der Waals surface area contributed by atoms with Crippen molar-refractivity contribution in [1.82, 2.24) is 4.90 Å². The number of rotatable bonds is 7. The van der Waals surface area contributed by atoms with E-state index in [4.69, 9.17) is 4.74 Å². The molecular weight excluding hydrogens is 503 g/mol. The molecule has 0 radical (unpaired) electrons. The molecule has 1 aliphatic heterocycles. The molecule has 0 bridgehead atoms. The number of hydrogen-bond donors (Lipinski definition) is 1. The van der Waals surface area contributed by atoms with Crippen LogP contribution >= 0.6 is 11.8 Å². The number of amidine groups is 1. The molecule has 6 nitrogen and oxygen atoms in total. The van der Waals surface area contributed by atoms with Crippen LogP contribution in [-0.2, 0) is 22.3 Å². The van der Waals surface area contributed by atoms with Gasteiger partial charge in [0.15, 0.2) is 5.17 Å². The van der Waals surface area contributed by atoms with Gasteiger partial charge in [0.25, 0.3) is 0 Å². The van der Waals surface area contributed by atoms with Crippen LogP contribution in [-0.4, -0.2) is 33.7 Å². The van der Waals surface area contributed by atoms with Crippen LogP contribution in [0.1, 0.15) is 24.5 Å². The van der Waals surface area contributed by atoms with Gasteiger partial charge in [0.2, 0.25) is 11.8 Å². The van der Waals surface area contributed by atoms with Crippen LogP contribution in [0.3, 0.4) is 0 Å². The van der Waals surface area contributed by atoms with E-state index in [1.807, 2.05) is 37.3 Å². The van der Waals surface area contributed by atoms with E-state index < -0.39 is 22.9 Å². The number of nitrogens with one attached hydrogen (secondary N) is 1. The monoisotopic (exact) mass is 527 g/mol. The zero-order valence-electron chi connectivity index (χ0n) is 19.9. The molecule has 3 aromatic carbocycles. The number of nitrogens with zero attached hydrogens (tertiary/aromatic N) is 2. The summed E-state index contributed by atoms with van der Waals surface area (Å²) in [5.41, 5.74) is 0.548. The van der Waals surface area contributed by atoms with Gasteiger partial charge in [-0.15, -0.1) is 0 Å². The third-order valence-electron chi connectivity index (χ3n) is 5.45. The first-order valence-electron chi connectivity index (χ1n) is 11.5. The van der Waals surface area contributed by atoms with Gasteiger partial charge in [0.1, 0.15) is 11.0 Å². The minimum absolute atomic E-state index is 0.0377. The molecule has 1 fully saturated rings. The molecule has 1 atom stereocenters. The Balaban J connectivity index is 1.59. The van der Waals surface area contributed by atoms with Gasteiger partial charge >= 0.3 is 6.18 Å². The van der Waals surface area contributed by atoms with Crippen LogP contribution in [0.5, 0.6) is 5.75 Å². The number of thioether (sulfide) groups is 1. The Kier molecular flexibility index (Phi) is 8.17. The number of carbonyl (C=O) groups is 2. The van der Waals surface area contributed by atoms with Gasteiger partial charge in [-0.05, 0) is 55.0 Å². The Morgan fingerprint density at radius 1 is 1.08 bits per heavy atom. The van der Waals surface area contributed by atoms with Gasteiger partial charge in [0, 0.05) is 12.1 Å². The molecule has 192 valence electrons. The van der Waals surface area contributed by atoms with Crippen molar-refractivity contribution in [3.8, 4) is 5.75 Å². The van der Waals surface area contributed by atoms with Crippen molar-refractivity contribution in [2.24, 2.45) is 4.99 Å². The number of amides is 2. The average molecular weight is 528 g/mol. The summed E-state index contributed by atoms with van der Waals surface area (Å²) in [6, 6.07) is 20.6. The van der Waals surface area contributed by atoms with Crippen molar-refractivity contribution in [2.75, 3.05) is 11.9 Å². The van der Waals surface area contributed by atoms with Gasteiger partial charge in [-0.25, -0.2) is 4.99 Å². The number of benzene rings is 3. The number of carbonyl (C=O) groups excluding carboxylic acids is 2. The fraction of sp³-hybridized carbons (Fsp3) is 0.222. The predicted octanol–water partition coefficient (Wildman–Crippen LogP) is 6.26. The van der Waals surface area contributed by atoms with Gasteiger partial charge in [0.05, 0.1) is 24.4 Å². The van der Waals surface area contributed by atoms with Crippen LogP contribution in [0.4, 0.5) is 24.5 Å². The molecule has 0 aliphatic carbocycles. The molecule has 0 saturated carbocycles. The second kappa shape index (κ2) is 11.5. The number of ether oxygens (including phenoxy) is 1. The number of hydrogen-bond acceptors (Lipinski definition) is 5. The second-order valence-corrected chi connectivity index (χ2v) is 9.34. The van der Waals surface area contributed by atoms with E-state index >= 15 is 0 Å². The van der Waals surface area contributed by atoms with Crippen LogP contribution in [0.25, 0.3) is 0 Å². The summed E-state index contributed by atoms with van der Waals surface area (Å²) in [6.07, 6.45) is -4.61. The molecule has 0 spiro atoms. The topological polar surface area (TPSA) is 71.0 Å². The van der Waals surface area contributed by atoms with E-state index in [1.54, 1.807) is 24.3 Å². The van der Waals surface area contributed by atoms with Crippen molar-refractivity contribution in [1.29, 1.82) is 0 Å². The predicted molar refractivity (Wildman–Crippen MR) is 138 cm³/mol. The smallest absolute Gasteiger partial charge is 0.416 e. The summed E-state index contributed by atoms with van der Waals surface area (Å²) in [7, 11) is 0. The van der Waals surface area contributed by atoms with E-state index in [0.717, 1.165) is 29.5 Å². The summed E-state index contributed by atoms with van der Waals surface area (Å²) in [4.78, 5) is 32.0. The number of alkyl halides is 3. The number of aliphatic imine (C=N–C) groups is 1. The molecule has 37 heavy (non-hydrogen) atoms. The Hall–Kier alpha value is -3.79. The van der Waals surface area contributed by atoms with E-state index in [0.29, 0.717) is 18.0 Å². The van der Waals surface area contributed by atoms with E-state index in [-0.39, 0.29) is 29.7 Å². The molecule has 3 aromatic rings. The molecular formula is C27H24F3N3O3S. The first-order valence-corrected chi connectivity index (χ1v) is 12.4.